The largest absolute Gasteiger partial charge is 0.363 e. The fraction of sp³-hybridized carbons (Fsp3) is 0.417. The lowest BCUT2D eigenvalue weighted by Gasteiger charge is -2.32. The van der Waals surface area contributed by atoms with Crippen molar-refractivity contribution >= 4 is 5.57 Å². The van der Waals surface area contributed by atoms with Crippen LogP contribution in [-0.2, 0) is 0 Å². The minimum Gasteiger partial charge on any atom is -0.363 e. The zero-order chi connectivity index (χ0) is 17.6. The van der Waals surface area contributed by atoms with Crippen LogP contribution in [0.3, 0.4) is 0 Å². The van der Waals surface area contributed by atoms with Gasteiger partial charge in [-0.1, -0.05) is 64.1 Å². The van der Waals surface area contributed by atoms with E-state index in [1.807, 2.05) is 0 Å². The highest BCUT2D eigenvalue weighted by atomic mass is 15.2. The van der Waals surface area contributed by atoms with Crippen LogP contribution in [0.15, 0.2) is 65.4 Å². The Hall–Kier alpha value is -2.02. The summed E-state index contributed by atoms with van der Waals surface area (Å²) in [5.41, 5.74) is 8.86. The summed E-state index contributed by atoms with van der Waals surface area (Å²) in [7, 11) is 0. The van der Waals surface area contributed by atoms with Gasteiger partial charge in [-0.05, 0) is 64.2 Å². The molecule has 0 bridgehead atoms. The van der Waals surface area contributed by atoms with Gasteiger partial charge in [-0.3, -0.25) is 0 Å². The second-order valence-corrected chi connectivity index (χ2v) is 8.21. The normalized spacial score (nSPS) is 22.3. The Morgan fingerprint density at radius 3 is 2.44 bits per heavy atom. The van der Waals surface area contributed by atoms with E-state index in [9.17, 15) is 0 Å². The summed E-state index contributed by atoms with van der Waals surface area (Å²) < 4.78 is 0. The standard InChI is InChI=1S/C24H29N/c1-16(2)18-9-11-19(12-10-18)22-13-24-21-8-6-5-7-20(21)14-25(24)15-23(22)17(3)4/h6,8-13,15-17,24H,5,7,14H2,1-4H3. The van der Waals surface area contributed by atoms with Crippen LogP contribution in [0.1, 0.15) is 57.6 Å². The molecule has 4 rings (SSSR count). The molecule has 1 aromatic rings. The number of hydrogen-bond donors (Lipinski definition) is 0. The molecule has 2 heterocycles. The molecule has 1 heteroatoms. The third kappa shape index (κ3) is 2.90. The van der Waals surface area contributed by atoms with Crippen LogP contribution < -0.4 is 0 Å². The van der Waals surface area contributed by atoms with Gasteiger partial charge in [0.2, 0.25) is 0 Å². The predicted octanol–water partition coefficient (Wildman–Crippen LogP) is 6.08. The van der Waals surface area contributed by atoms with Gasteiger partial charge in [0.25, 0.3) is 0 Å². The van der Waals surface area contributed by atoms with Crippen LogP contribution in [0.4, 0.5) is 0 Å². The van der Waals surface area contributed by atoms with Crippen molar-refractivity contribution in [2.24, 2.45) is 5.92 Å². The number of benzene rings is 1. The molecule has 2 aliphatic heterocycles. The Labute approximate surface area is 152 Å². The summed E-state index contributed by atoms with van der Waals surface area (Å²) in [6.45, 7) is 10.2. The summed E-state index contributed by atoms with van der Waals surface area (Å²) in [5, 5.41) is 0. The van der Waals surface area contributed by atoms with Crippen molar-refractivity contribution in [2.45, 2.75) is 52.5 Å². The van der Waals surface area contributed by atoms with E-state index >= 15 is 0 Å². The van der Waals surface area contributed by atoms with Crippen LogP contribution >= 0.6 is 0 Å². The molecule has 1 nitrogen and oxygen atoms in total. The first-order valence-electron chi connectivity index (χ1n) is 9.73. The van der Waals surface area contributed by atoms with Crippen molar-refractivity contribution < 1.29 is 0 Å². The summed E-state index contributed by atoms with van der Waals surface area (Å²) in [6.07, 6.45) is 12.1. The molecule has 0 N–H and O–H groups in total. The van der Waals surface area contributed by atoms with Crippen molar-refractivity contribution in [3.05, 3.63) is 76.5 Å². The molecule has 0 spiro atoms. The minimum absolute atomic E-state index is 0.425. The molecule has 0 fully saturated rings. The zero-order valence-corrected chi connectivity index (χ0v) is 15.9. The predicted molar refractivity (Wildman–Crippen MR) is 107 cm³/mol. The fourth-order valence-corrected chi connectivity index (χ4v) is 4.29. The van der Waals surface area contributed by atoms with E-state index in [1.54, 1.807) is 11.1 Å². The van der Waals surface area contributed by atoms with Crippen molar-refractivity contribution in [1.82, 2.24) is 4.90 Å². The monoisotopic (exact) mass is 331 g/mol. The molecule has 1 atom stereocenters. The average molecular weight is 332 g/mol. The molecule has 1 aromatic carbocycles. The number of allylic oxidation sites excluding steroid dienone is 3. The van der Waals surface area contributed by atoms with Gasteiger partial charge < -0.3 is 4.90 Å². The molecule has 25 heavy (non-hydrogen) atoms. The molecule has 1 unspecified atom stereocenters. The van der Waals surface area contributed by atoms with Gasteiger partial charge in [0.1, 0.15) is 0 Å². The Kier molecular flexibility index (Phi) is 4.19. The minimum atomic E-state index is 0.425. The number of fused-ring (bicyclic) bond motifs is 2. The van der Waals surface area contributed by atoms with Gasteiger partial charge >= 0.3 is 0 Å². The highest BCUT2D eigenvalue weighted by Crippen LogP contribution is 2.41. The number of rotatable bonds is 3. The van der Waals surface area contributed by atoms with Crippen molar-refractivity contribution in [3.63, 3.8) is 0 Å². The molecule has 130 valence electrons. The SMILES string of the molecule is CC(C)C1=CN2CC3=C(C=CCC3)C2C=C1c1ccc(C(C)C)cc1. The summed E-state index contributed by atoms with van der Waals surface area (Å²) in [4.78, 5) is 2.54. The highest BCUT2D eigenvalue weighted by Gasteiger charge is 2.33. The van der Waals surface area contributed by atoms with E-state index in [0.29, 0.717) is 17.9 Å². The van der Waals surface area contributed by atoms with E-state index < -0.39 is 0 Å². The third-order valence-electron chi connectivity index (χ3n) is 5.82. The van der Waals surface area contributed by atoms with Gasteiger partial charge in [-0.2, -0.15) is 0 Å². The van der Waals surface area contributed by atoms with Gasteiger partial charge in [-0.25, -0.2) is 0 Å². The quantitative estimate of drug-likeness (QED) is 0.649. The lowest BCUT2D eigenvalue weighted by molar-refractivity contribution is 0.402. The van der Waals surface area contributed by atoms with Crippen LogP contribution in [0, 0.1) is 5.92 Å². The van der Waals surface area contributed by atoms with Crippen molar-refractivity contribution in [1.29, 1.82) is 0 Å². The molecule has 0 saturated carbocycles. The zero-order valence-electron chi connectivity index (χ0n) is 15.9. The first kappa shape index (κ1) is 16.4. The Bertz CT molecular complexity index is 784. The number of hydrogen-bond acceptors (Lipinski definition) is 1. The van der Waals surface area contributed by atoms with Crippen LogP contribution in [0.5, 0.6) is 0 Å². The van der Waals surface area contributed by atoms with E-state index in [1.165, 1.54) is 35.1 Å². The van der Waals surface area contributed by atoms with E-state index in [-0.39, 0.29) is 0 Å². The molecular weight excluding hydrogens is 302 g/mol. The molecule has 0 saturated heterocycles. The van der Waals surface area contributed by atoms with Crippen LogP contribution in [0.25, 0.3) is 5.57 Å². The maximum Gasteiger partial charge on any atom is 0.0734 e. The smallest absolute Gasteiger partial charge is 0.0734 e. The molecule has 0 radical (unpaired) electrons. The van der Waals surface area contributed by atoms with Crippen molar-refractivity contribution in [3.8, 4) is 0 Å². The van der Waals surface area contributed by atoms with Gasteiger partial charge in [0.15, 0.2) is 0 Å². The summed E-state index contributed by atoms with van der Waals surface area (Å²) in [6, 6.07) is 9.65. The van der Waals surface area contributed by atoms with E-state index in [0.717, 1.165) is 6.54 Å². The Balaban J connectivity index is 1.74. The number of nitrogens with zero attached hydrogens (tertiary/aromatic N) is 1. The molecular formula is C24H29N. The van der Waals surface area contributed by atoms with Gasteiger partial charge in [-0.15, -0.1) is 0 Å². The first-order valence-corrected chi connectivity index (χ1v) is 9.73. The second kappa shape index (κ2) is 6.37. The van der Waals surface area contributed by atoms with E-state index in [4.69, 9.17) is 0 Å². The Morgan fingerprint density at radius 2 is 1.76 bits per heavy atom. The summed E-state index contributed by atoms with van der Waals surface area (Å²) >= 11 is 0. The fourth-order valence-electron chi connectivity index (χ4n) is 4.29. The van der Waals surface area contributed by atoms with Crippen LogP contribution in [0.2, 0.25) is 0 Å². The van der Waals surface area contributed by atoms with E-state index in [2.05, 4.69) is 81.3 Å². The molecule has 3 aliphatic rings. The summed E-state index contributed by atoms with van der Waals surface area (Å²) in [5.74, 6) is 1.12. The molecule has 0 aromatic heterocycles. The third-order valence-corrected chi connectivity index (χ3v) is 5.82. The highest BCUT2D eigenvalue weighted by molar-refractivity contribution is 5.82. The maximum atomic E-state index is 2.54. The van der Waals surface area contributed by atoms with Crippen LogP contribution in [-0.4, -0.2) is 17.5 Å². The molecule has 0 amide bonds. The maximum absolute atomic E-state index is 2.54. The topological polar surface area (TPSA) is 3.24 Å². The van der Waals surface area contributed by atoms with Gasteiger partial charge in [0, 0.05) is 12.7 Å². The first-order chi connectivity index (χ1) is 12.0. The lowest BCUT2D eigenvalue weighted by Crippen LogP contribution is -2.29. The second-order valence-electron chi connectivity index (χ2n) is 8.21. The lowest BCUT2D eigenvalue weighted by atomic mass is 9.85. The van der Waals surface area contributed by atoms with Crippen molar-refractivity contribution in [2.75, 3.05) is 6.54 Å². The van der Waals surface area contributed by atoms with Gasteiger partial charge in [0.05, 0.1) is 6.04 Å². The molecule has 1 aliphatic carbocycles. The average Bonchev–Trinajstić information content (AvgIpc) is 2.98. The Morgan fingerprint density at radius 1 is 1.00 bits per heavy atom.